The van der Waals surface area contributed by atoms with E-state index >= 15 is 0 Å². The number of H-pyrrole nitrogens is 1. The Morgan fingerprint density at radius 1 is 0.604 bits per heavy atom. The lowest BCUT2D eigenvalue weighted by Crippen LogP contribution is -2.62. The number of nitrogens with two attached hydrogens (primary N) is 3. The maximum Gasteiger partial charge on any atom is 0.407 e. The number of nitrogens with one attached hydrogen (secondary N) is 12. The molecule has 0 bridgehead atoms. The third-order valence-corrected chi connectivity index (χ3v) is 16.5. The third kappa shape index (κ3) is 26.8. The summed E-state index contributed by atoms with van der Waals surface area (Å²) in [5.41, 5.74) is 20.9. The molecule has 0 saturated carbocycles. The summed E-state index contributed by atoms with van der Waals surface area (Å²) in [5, 5.41) is 67.2. The second kappa shape index (κ2) is 41.0. The van der Waals surface area contributed by atoms with E-state index in [-0.39, 0.29) is 80.4 Å². The number of aromatic nitrogens is 2. The summed E-state index contributed by atoms with van der Waals surface area (Å²) in [6.07, 6.45) is -1.83. The predicted octanol–water partition coefficient (Wildman–Crippen LogP) is -4.26. The zero-order chi connectivity index (χ0) is 74.3. The number of amides is 12. The molecule has 0 spiro atoms. The lowest BCUT2D eigenvalue weighted by molar-refractivity contribution is -0.138. The summed E-state index contributed by atoms with van der Waals surface area (Å²) in [6.45, 7) is 2.79. The van der Waals surface area contributed by atoms with Crippen LogP contribution in [0.15, 0.2) is 96.4 Å². The third-order valence-electron chi connectivity index (χ3n) is 15.5. The highest BCUT2D eigenvalue weighted by Crippen LogP contribution is 2.44. The van der Waals surface area contributed by atoms with Crippen molar-refractivity contribution in [3.63, 3.8) is 0 Å². The number of aliphatic hydroxyl groups excluding tert-OH is 3. The highest BCUT2D eigenvalue weighted by Gasteiger charge is 2.37. The largest absolute Gasteiger partial charge is 0.481 e. The zero-order valence-electron chi connectivity index (χ0n) is 56.0. The Labute approximate surface area is 585 Å². The van der Waals surface area contributed by atoms with E-state index in [1.165, 1.54) is 19.4 Å². The van der Waals surface area contributed by atoms with Crippen LogP contribution in [0.3, 0.4) is 0 Å². The Kier molecular flexibility index (Phi) is 32.9. The SMILES string of the molecule is CC(=O)NCSC[C@H](NC(=O)[C@H](CO)NC(=O)[C@@H](NC(=O)[C@H](Cc1ccccc1)NC(=O)OCC1c2ccccc2-c2ccccc21)[C@@H](C)O)C(=O)N[C@@H](Cc1cnc[nH]1)C(=O)NCC(=O)N[C@@H](CC(C)C)C(=O)N[C@@H](CCCN=C(N)N)C(=O)N[C@@H](CCC(=O)O)C(=O)N[C@@H](CO)C(N)=O. The van der Waals surface area contributed by atoms with E-state index < -0.39 is 170 Å². The number of thioether (sulfide) groups is 1. The van der Waals surface area contributed by atoms with Gasteiger partial charge in [0.2, 0.25) is 65.0 Å². The number of hydrogen-bond donors (Lipinski definition) is 19. The van der Waals surface area contributed by atoms with Gasteiger partial charge < -0.3 is 106 Å². The molecule has 35 nitrogen and oxygen atoms in total. The molecule has 0 aliphatic heterocycles. The van der Waals surface area contributed by atoms with Gasteiger partial charge in [0.15, 0.2) is 5.96 Å². The molecular formula is C65H89N17O18S. The molecule has 5 rings (SSSR count). The number of carboxylic acid groups (broad SMARTS) is 1. The van der Waals surface area contributed by atoms with Gasteiger partial charge in [-0.25, -0.2) is 9.78 Å². The Bertz CT molecular complexity index is 3500. The van der Waals surface area contributed by atoms with Gasteiger partial charge in [-0.3, -0.25) is 62.5 Å². The second-order valence-corrected chi connectivity index (χ2v) is 25.0. The molecule has 0 radical (unpaired) electrons. The molecule has 1 aromatic heterocycles. The number of aliphatic carboxylic acids is 1. The summed E-state index contributed by atoms with van der Waals surface area (Å²) >= 11 is 0.935. The van der Waals surface area contributed by atoms with Crippen LogP contribution >= 0.6 is 11.8 Å². The molecular weight excluding hydrogens is 1340 g/mol. The van der Waals surface area contributed by atoms with Crippen molar-refractivity contribution in [3.8, 4) is 11.1 Å². The number of primary amides is 1. The minimum Gasteiger partial charge on any atom is -0.481 e. The summed E-state index contributed by atoms with van der Waals surface area (Å²) in [4.78, 5) is 185. The van der Waals surface area contributed by atoms with Gasteiger partial charge in [0.1, 0.15) is 61.0 Å². The maximum absolute atomic E-state index is 14.4. The molecule has 3 aromatic carbocycles. The van der Waals surface area contributed by atoms with Gasteiger partial charge in [-0.1, -0.05) is 92.7 Å². The van der Waals surface area contributed by atoms with Crippen LogP contribution in [0, 0.1) is 5.92 Å². The van der Waals surface area contributed by atoms with E-state index in [1.54, 1.807) is 44.2 Å². The molecule has 1 aliphatic rings. The van der Waals surface area contributed by atoms with Gasteiger partial charge in [-0.05, 0) is 66.3 Å². The standard InChI is InChI=1S/C65H89N17O18S/c1-34(2)23-46(59(94)75-44(19-12-22-70-64(67)68)57(92)76-45(20-21-53(88)89)58(93)78-49(28-83)55(66)90)74-52(87)27-71-56(91)48(25-38-26-69-32-72-38)77-62(97)51(31-101-33-73-36(4)86)80-61(96)50(29-84)79-63(98)54(35(3)85)82-60(95)47(24-37-13-6-5-7-14-37)81-65(99)100-30-43-41-17-10-8-15-39(41)40-16-9-11-18-42(40)43/h5-11,13-18,26,32,34-35,43-51,54,83-85H,12,19-25,27-31,33H2,1-4H3,(H2,66,90)(H,69,72)(H,71,91)(H,73,86)(H,74,87)(H,75,94)(H,76,92)(H,77,97)(H,78,93)(H,79,98)(H,80,96)(H,81,99)(H,82,95)(H,88,89)(H4,67,68,70)/t35-,44+,45+,46+,47+,48+,49+,50+,51+,54+/m1/s1. The molecule has 0 unspecified atom stereocenters. The fraction of sp³-hybridized carbons (Fsp3) is 0.462. The van der Waals surface area contributed by atoms with Gasteiger partial charge in [0, 0.05) is 56.3 Å². The van der Waals surface area contributed by atoms with Crippen LogP contribution in [-0.2, 0) is 75.1 Å². The van der Waals surface area contributed by atoms with E-state index in [4.69, 9.17) is 21.9 Å². The fourth-order valence-electron chi connectivity index (χ4n) is 10.4. The normalized spacial score (nSPS) is 14.4. The first-order valence-electron chi connectivity index (χ1n) is 32.2. The van der Waals surface area contributed by atoms with Crippen molar-refractivity contribution in [2.24, 2.45) is 28.1 Å². The van der Waals surface area contributed by atoms with Crippen molar-refractivity contribution in [2.45, 2.75) is 139 Å². The van der Waals surface area contributed by atoms with Gasteiger partial charge in [0.05, 0.1) is 38.1 Å². The molecule has 0 fully saturated rings. The number of nitrogens with zero attached hydrogens (tertiary/aromatic N) is 2. The predicted molar refractivity (Wildman–Crippen MR) is 365 cm³/mol. The summed E-state index contributed by atoms with van der Waals surface area (Å²) in [6, 6.07) is 9.47. The highest BCUT2D eigenvalue weighted by atomic mass is 32.2. The van der Waals surface area contributed by atoms with Crippen molar-refractivity contribution in [2.75, 3.05) is 44.5 Å². The molecule has 0 saturated heterocycles. The number of hydrogen-bond acceptors (Lipinski definition) is 20. The van der Waals surface area contributed by atoms with E-state index in [0.29, 0.717) is 5.56 Å². The van der Waals surface area contributed by atoms with Crippen LogP contribution in [0.25, 0.3) is 11.1 Å². The van der Waals surface area contributed by atoms with Gasteiger partial charge in [0.25, 0.3) is 0 Å². The average molecular weight is 1430 g/mol. The number of benzene rings is 3. The van der Waals surface area contributed by atoms with E-state index in [1.807, 2.05) is 48.5 Å². The number of rotatable bonds is 42. The van der Waals surface area contributed by atoms with Gasteiger partial charge in [-0.15, -0.1) is 11.8 Å². The molecule has 101 heavy (non-hydrogen) atoms. The first-order valence-corrected chi connectivity index (χ1v) is 33.4. The number of carbonyl (C=O) groups is 13. The summed E-state index contributed by atoms with van der Waals surface area (Å²) in [7, 11) is 0. The number of aromatic amines is 1. The topological polar surface area (TPSA) is 563 Å². The number of imidazole rings is 1. The Morgan fingerprint density at radius 2 is 1.14 bits per heavy atom. The van der Waals surface area contributed by atoms with Crippen LogP contribution in [-0.4, -0.2) is 218 Å². The van der Waals surface area contributed by atoms with Crippen LogP contribution in [0.5, 0.6) is 0 Å². The smallest absolute Gasteiger partial charge is 0.407 e. The number of carbonyl (C=O) groups excluding carboxylic acids is 12. The van der Waals surface area contributed by atoms with Crippen molar-refractivity contribution in [3.05, 3.63) is 114 Å². The minimum absolute atomic E-state index is 0.0453. The summed E-state index contributed by atoms with van der Waals surface area (Å²) < 4.78 is 5.73. The molecule has 4 aromatic rings. The Hall–Kier alpha value is -10.7. The van der Waals surface area contributed by atoms with Crippen LogP contribution in [0.1, 0.15) is 88.1 Å². The van der Waals surface area contributed by atoms with Crippen molar-refractivity contribution in [1.82, 2.24) is 68.5 Å². The van der Waals surface area contributed by atoms with Crippen LogP contribution in [0.4, 0.5) is 4.79 Å². The first-order chi connectivity index (χ1) is 48.1. The highest BCUT2D eigenvalue weighted by molar-refractivity contribution is 7.99. The van der Waals surface area contributed by atoms with Crippen molar-refractivity contribution >= 4 is 94.8 Å². The first kappa shape index (κ1) is 81.0. The molecule has 548 valence electrons. The van der Waals surface area contributed by atoms with E-state index in [0.717, 1.165) is 40.9 Å². The fourth-order valence-corrected chi connectivity index (χ4v) is 11.3. The number of carboxylic acids is 1. The lowest BCUT2D eigenvalue weighted by Gasteiger charge is -2.27. The average Bonchev–Trinajstić information content (AvgIpc) is 1.62. The van der Waals surface area contributed by atoms with Crippen LogP contribution < -0.4 is 75.7 Å². The number of alkyl carbamates (subject to hydrolysis) is 1. The monoisotopic (exact) mass is 1430 g/mol. The van der Waals surface area contributed by atoms with Gasteiger partial charge in [-0.2, -0.15) is 0 Å². The van der Waals surface area contributed by atoms with E-state index in [9.17, 15) is 82.8 Å². The molecule has 1 aliphatic carbocycles. The number of aliphatic imine (C=N–C) groups is 1. The molecule has 22 N–H and O–H groups in total. The number of fused-ring (bicyclic) bond motifs is 3. The van der Waals surface area contributed by atoms with E-state index in [2.05, 4.69) is 73.4 Å². The van der Waals surface area contributed by atoms with Crippen molar-refractivity contribution < 1.29 is 87.5 Å². The van der Waals surface area contributed by atoms with Crippen molar-refractivity contribution in [1.29, 1.82) is 0 Å². The molecule has 1 heterocycles. The lowest BCUT2D eigenvalue weighted by atomic mass is 9.98. The number of ether oxygens (including phenoxy) is 1. The Morgan fingerprint density at radius 3 is 1.70 bits per heavy atom. The number of aliphatic hydroxyl groups is 3. The minimum atomic E-state index is -1.88. The zero-order valence-corrected chi connectivity index (χ0v) is 56.8. The molecule has 36 heteroatoms. The second-order valence-electron chi connectivity index (χ2n) is 24.0. The molecule has 10 atom stereocenters. The quantitative estimate of drug-likeness (QED) is 0.00864. The maximum atomic E-state index is 14.4. The summed E-state index contributed by atoms with van der Waals surface area (Å²) in [5.74, 6) is -13.6. The molecule has 12 amide bonds. The van der Waals surface area contributed by atoms with Crippen LogP contribution in [0.2, 0.25) is 0 Å². The Balaban J connectivity index is 1.28. The van der Waals surface area contributed by atoms with Gasteiger partial charge >= 0.3 is 12.1 Å². The number of guanidine groups is 1.